The van der Waals surface area contributed by atoms with Crippen LogP contribution in [0.3, 0.4) is 0 Å². The molecule has 2 N–H and O–H groups in total. The van der Waals surface area contributed by atoms with Crippen molar-refractivity contribution in [1.82, 2.24) is 5.43 Å². The van der Waals surface area contributed by atoms with Crippen LogP contribution in [0.1, 0.15) is 5.56 Å². The molecule has 0 aromatic heterocycles. The molecule has 0 bridgehead atoms. The van der Waals surface area contributed by atoms with Gasteiger partial charge < -0.3 is 5.32 Å². The molecule has 0 radical (unpaired) electrons. The van der Waals surface area contributed by atoms with Gasteiger partial charge in [0.15, 0.2) is 0 Å². The van der Waals surface area contributed by atoms with E-state index in [1.807, 2.05) is 0 Å². The highest BCUT2D eigenvalue weighted by molar-refractivity contribution is 9.11. The second kappa shape index (κ2) is 8.68. The fourth-order valence-electron chi connectivity index (χ4n) is 1.65. The van der Waals surface area contributed by atoms with Crippen molar-refractivity contribution in [2.24, 2.45) is 5.10 Å². The third kappa shape index (κ3) is 5.80. The van der Waals surface area contributed by atoms with Crippen LogP contribution in [0.4, 0.5) is 5.69 Å². The fourth-order valence-corrected chi connectivity index (χ4v) is 3.72. The largest absolute Gasteiger partial charge is 0.374 e. The van der Waals surface area contributed by atoms with Crippen LogP contribution in [0, 0.1) is 0 Å². The SMILES string of the molecule is O=C(CNc1c(Br)cc(Cl)cc1Br)N/N=C\c1ccc(Cl)cc1. The number of hydrogen-bond donors (Lipinski definition) is 2. The van der Waals surface area contributed by atoms with Crippen LogP contribution in [-0.2, 0) is 4.79 Å². The number of halogens is 4. The quantitative estimate of drug-likeness (QED) is 0.464. The third-order valence-corrected chi connectivity index (χ3v) is 4.43. The van der Waals surface area contributed by atoms with E-state index in [1.165, 1.54) is 0 Å². The highest BCUT2D eigenvalue weighted by atomic mass is 79.9. The maximum atomic E-state index is 11.8. The van der Waals surface area contributed by atoms with Gasteiger partial charge in [0.25, 0.3) is 5.91 Å². The van der Waals surface area contributed by atoms with Gasteiger partial charge in [-0.3, -0.25) is 4.79 Å². The lowest BCUT2D eigenvalue weighted by atomic mass is 10.2. The normalized spacial score (nSPS) is 10.8. The average molecular weight is 480 g/mol. The Bertz CT molecular complexity index is 713. The molecule has 0 saturated carbocycles. The number of hydrogen-bond acceptors (Lipinski definition) is 3. The molecule has 0 aliphatic carbocycles. The van der Waals surface area contributed by atoms with Crippen molar-refractivity contribution < 1.29 is 4.79 Å². The van der Waals surface area contributed by atoms with E-state index >= 15 is 0 Å². The van der Waals surface area contributed by atoms with E-state index in [-0.39, 0.29) is 12.5 Å². The Balaban J connectivity index is 1.87. The summed E-state index contributed by atoms with van der Waals surface area (Å²) in [5.74, 6) is -0.274. The maximum Gasteiger partial charge on any atom is 0.259 e. The van der Waals surface area contributed by atoms with Crippen molar-refractivity contribution in [3.8, 4) is 0 Å². The highest BCUT2D eigenvalue weighted by Crippen LogP contribution is 2.33. The second-order valence-corrected chi connectivity index (χ2v) is 7.02. The summed E-state index contributed by atoms with van der Waals surface area (Å²) in [6.45, 7) is 0.0663. The minimum atomic E-state index is -0.274. The first-order chi connectivity index (χ1) is 11.0. The lowest BCUT2D eigenvalue weighted by molar-refractivity contribution is -0.119. The molecule has 0 unspecified atom stereocenters. The molecule has 0 fully saturated rings. The maximum absolute atomic E-state index is 11.8. The van der Waals surface area contributed by atoms with E-state index in [0.29, 0.717) is 10.0 Å². The van der Waals surface area contributed by atoms with Gasteiger partial charge >= 0.3 is 0 Å². The Morgan fingerprint density at radius 2 is 1.70 bits per heavy atom. The van der Waals surface area contributed by atoms with E-state index < -0.39 is 0 Å². The number of amides is 1. The van der Waals surface area contributed by atoms with Crippen molar-refractivity contribution in [2.75, 3.05) is 11.9 Å². The zero-order valence-electron chi connectivity index (χ0n) is 11.6. The molecule has 2 aromatic rings. The predicted octanol–water partition coefficient (Wildman–Crippen LogP) is 5.08. The highest BCUT2D eigenvalue weighted by Gasteiger charge is 2.08. The molecule has 1 amide bonds. The Labute approximate surface area is 160 Å². The zero-order chi connectivity index (χ0) is 16.8. The van der Waals surface area contributed by atoms with Gasteiger partial charge in [-0.2, -0.15) is 5.10 Å². The Morgan fingerprint density at radius 1 is 1.09 bits per heavy atom. The Kier molecular flexibility index (Phi) is 6.89. The van der Waals surface area contributed by atoms with Crippen LogP contribution < -0.4 is 10.7 Å². The van der Waals surface area contributed by atoms with Gasteiger partial charge in [0, 0.05) is 19.0 Å². The molecule has 0 spiro atoms. The summed E-state index contributed by atoms with van der Waals surface area (Å²) >= 11 is 18.5. The number of anilines is 1. The molecule has 0 aliphatic rings. The van der Waals surface area contributed by atoms with Gasteiger partial charge in [-0.25, -0.2) is 5.43 Å². The number of carbonyl (C=O) groups is 1. The minimum absolute atomic E-state index is 0.0663. The zero-order valence-corrected chi connectivity index (χ0v) is 16.3. The Morgan fingerprint density at radius 3 is 2.30 bits per heavy atom. The molecule has 0 aliphatic heterocycles. The van der Waals surface area contributed by atoms with E-state index in [0.717, 1.165) is 20.2 Å². The van der Waals surface area contributed by atoms with Crippen molar-refractivity contribution >= 4 is 72.9 Å². The van der Waals surface area contributed by atoms with Gasteiger partial charge in [0.05, 0.1) is 18.4 Å². The van der Waals surface area contributed by atoms with Gasteiger partial charge in [-0.05, 0) is 61.7 Å². The molecule has 0 saturated heterocycles. The molecule has 0 heterocycles. The summed E-state index contributed by atoms with van der Waals surface area (Å²) in [5, 5.41) is 8.14. The van der Waals surface area contributed by atoms with Crippen LogP contribution in [0.5, 0.6) is 0 Å². The topological polar surface area (TPSA) is 53.5 Å². The molecule has 2 rings (SSSR count). The van der Waals surface area contributed by atoms with Gasteiger partial charge in [0.1, 0.15) is 0 Å². The van der Waals surface area contributed by atoms with Crippen molar-refractivity contribution in [3.63, 3.8) is 0 Å². The average Bonchev–Trinajstić information content (AvgIpc) is 2.48. The minimum Gasteiger partial charge on any atom is -0.374 e. The first kappa shape index (κ1) is 18.3. The molecule has 23 heavy (non-hydrogen) atoms. The van der Waals surface area contributed by atoms with Crippen molar-refractivity contribution in [3.05, 3.63) is 61.0 Å². The lowest BCUT2D eigenvalue weighted by Gasteiger charge is -2.10. The van der Waals surface area contributed by atoms with Crippen LogP contribution >= 0.6 is 55.1 Å². The number of rotatable bonds is 5. The first-order valence-corrected chi connectivity index (χ1v) is 8.76. The first-order valence-electron chi connectivity index (χ1n) is 6.41. The molecule has 0 atom stereocenters. The summed E-state index contributed by atoms with van der Waals surface area (Å²) in [7, 11) is 0. The van der Waals surface area contributed by atoms with Crippen molar-refractivity contribution in [1.29, 1.82) is 0 Å². The monoisotopic (exact) mass is 477 g/mol. The molecule has 8 heteroatoms. The number of nitrogens with one attached hydrogen (secondary N) is 2. The smallest absolute Gasteiger partial charge is 0.259 e. The molecular formula is C15H11Br2Cl2N3O. The van der Waals surface area contributed by atoms with Gasteiger partial charge in [-0.15, -0.1) is 0 Å². The number of carbonyl (C=O) groups excluding carboxylic acids is 1. The fraction of sp³-hybridized carbons (Fsp3) is 0.0667. The molecule has 120 valence electrons. The van der Waals surface area contributed by atoms with Gasteiger partial charge in [0.2, 0.25) is 0 Å². The van der Waals surface area contributed by atoms with E-state index in [1.54, 1.807) is 42.6 Å². The molecule has 4 nitrogen and oxygen atoms in total. The second-order valence-electron chi connectivity index (χ2n) is 4.44. The number of hydrazone groups is 1. The summed E-state index contributed by atoms with van der Waals surface area (Å²) in [5.41, 5.74) is 4.03. The van der Waals surface area contributed by atoms with E-state index in [9.17, 15) is 4.79 Å². The van der Waals surface area contributed by atoms with Gasteiger partial charge in [-0.1, -0.05) is 35.3 Å². The summed E-state index contributed by atoms with van der Waals surface area (Å²) < 4.78 is 1.52. The van der Waals surface area contributed by atoms with Crippen molar-refractivity contribution in [2.45, 2.75) is 0 Å². The number of benzene rings is 2. The summed E-state index contributed by atoms with van der Waals surface area (Å²) in [6.07, 6.45) is 1.54. The lowest BCUT2D eigenvalue weighted by Crippen LogP contribution is -2.26. The molecular weight excluding hydrogens is 469 g/mol. The number of nitrogens with zero attached hydrogens (tertiary/aromatic N) is 1. The van der Waals surface area contributed by atoms with Crippen LogP contribution in [-0.4, -0.2) is 18.7 Å². The van der Waals surface area contributed by atoms with Crippen LogP contribution in [0.15, 0.2) is 50.4 Å². The van der Waals surface area contributed by atoms with Crippen LogP contribution in [0.25, 0.3) is 0 Å². The molecule has 2 aromatic carbocycles. The summed E-state index contributed by atoms with van der Waals surface area (Å²) in [6, 6.07) is 10.6. The van der Waals surface area contributed by atoms with Crippen LogP contribution in [0.2, 0.25) is 10.0 Å². The van der Waals surface area contributed by atoms with E-state index in [4.69, 9.17) is 23.2 Å². The summed E-state index contributed by atoms with van der Waals surface area (Å²) in [4.78, 5) is 11.8. The predicted molar refractivity (Wildman–Crippen MR) is 103 cm³/mol. The Hall–Kier alpha value is -1.08. The van der Waals surface area contributed by atoms with E-state index in [2.05, 4.69) is 47.7 Å². The standard InChI is InChI=1S/C15H11Br2Cl2N3O/c16-12-5-11(19)6-13(17)15(12)20-8-14(23)22-21-7-9-1-3-10(18)4-2-9/h1-7,20H,8H2,(H,22,23)/b21-7-. The third-order valence-electron chi connectivity index (χ3n) is 2.71.